The fourth-order valence-electron chi connectivity index (χ4n) is 3.24. The molecule has 1 aromatic carbocycles. The first-order valence-corrected chi connectivity index (χ1v) is 8.81. The molecule has 1 N–H and O–H groups in total. The molecule has 0 bridgehead atoms. The van der Waals surface area contributed by atoms with Crippen LogP contribution in [0.25, 0.3) is 6.08 Å². The number of aliphatic carboxylic acids is 1. The highest BCUT2D eigenvalue weighted by atomic mass is 16.5. The summed E-state index contributed by atoms with van der Waals surface area (Å²) in [5, 5.41) is 8.61. The number of ether oxygens (including phenoxy) is 1. The zero-order valence-corrected chi connectivity index (χ0v) is 14.0. The Morgan fingerprint density at radius 2 is 1.83 bits per heavy atom. The topological polar surface area (TPSA) is 46.5 Å². The Kier molecular flexibility index (Phi) is 7.18. The maximum absolute atomic E-state index is 10.5. The van der Waals surface area contributed by atoms with Gasteiger partial charge >= 0.3 is 5.97 Å². The van der Waals surface area contributed by atoms with Crippen molar-refractivity contribution in [1.29, 1.82) is 0 Å². The molecule has 0 radical (unpaired) electrons. The summed E-state index contributed by atoms with van der Waals surface area (Å²) in [6.45, 7) is 3.06. The third-order valence-corrected chi connectivity index (χ3v) is 4.72. The smallest absolute Gasteiger partial charge is 0.328 e. The SMILES string of the molecule is CCCCC1CCC(COc2ccc(/C=C/C(=O)O)cc2)CC1. The Morgan fingerprint density at radius 1 is 1.17 bits per heavy atom. The highest BCUT2D eigenvalue weighted by Crippen LogP contribution is 2.32. The number of rotatable bonds is 8. The van der Waals surface area contributed by atoms with Crippen LogP contribution in [-0.2, 0) is 4.79 Å². The molecule has 1 aromatic rings. The van der Waals surface area contributed by atoms with Gasteiger partial charge in [-0.25, -0.2) is 4.79 Å². The summed E-state index contributed by atoms with van der Waals surface area (Å²) in [5.41, 5.74) is 0.871. The minimum absolute atomic E-state index is 0.680. The van der Waals surface area contributed by atoms with Crippen LogP contribution in [0.5, 0.6) is 5.75 Å². The Balaban J connectivity index is 1.71. The fourth-order valence-corrected chi connectivity index (χ4v) is 3.24. The maximum Gasteiger partial charge on any atom is 0.328 e. The van der Waals surface area contributed by atoms with Crippen LogP contribution in [0.2, 0.25) is 0 Å². The molecule has 0 aromatic heterocycles. The third kappa shape index (κ3) is 6.47. The quantitative estimate of drug-likeness (QED) is 0.674. The first-order valence-electron chi connectivity index (χ1n) is 8.81. The van der Waals surface area contributed by atoms with Crippen LogP contribution in [0.15, 0.2) is 30.3 Å². The van der Waals surface area contributed by atoms with Crippen molar-refractivity contribution in [3.05, 3.63) is 35.9 Å². The Labute approximate surface area is 139 Å². The lowest BCUT2D eigenvalue weighted by Crippen LogP contribution is -2.20. The lowest BCUT2D eigenvalue weighted by Gasteiger charge is -2.28. The van der Waals surface area contributed by atoms with Gasteiger partial charge in [-0.3, -0.25) is 0 Å². The molecule has 23 heavy (non-hydrogen) atoms. The minimum Gasteiger partial charge on any atom is -0.493 e. The van der Waals surface area contributed by atoms with Gasteiger partial charge in [0, 0.05) is 6.08 Å². The Morgan fingerprint density at radius 3 is 2.43 bits per heavy atom. The molecule has 0 saturated heterocycles. The number of carboxylic acids is 1. The molecule has 0 atom stereocenters. The summed E-state index contributed by atoms with van der Waals surface area (Å²) in [6.07, 6.45) is 12.1. The van der Waals surface area contributed by atoms with Crippen LogP contribution in [0.4, 0.5) is 0 Å². The van der Waals surface area contributed by atoms with Gasteiger partial charge in [-0.15, -0.1) is 0 Å². The van der Waals surface area contributed by atoms with E-state index >= 15 is 0 Å². The van der Waals surface area contributed by atoms with Gasteiger partial charge in [0.15, 0.2) is 0 Å². The lowest BCUT2D eigenvalue weighted by atomic mass is 9.80. The van der Waals surface area contributed by atoms with E-state index in [1.165, 1.54) is 44.9 Å². The number of unbranched alkanes of at least 4 members (excludes halogenated alkanes) is 1. The van der Waals surface area contributed by atoms with E-state index in [1.807, 2.05) is 24.3 Å². The lowest BCUT2D eigenvalue weighted by molar-refractivity contribution is -0.131. The van der Waals surface area contributed by atoms with Crippen molar-refractivity contribution in [3.8, 4) is 5.75 Å². The number of carbonyl (C=O) groups is 1. The van der Waals surface area contributed by atoms with Crippen molar-refractivity contribution in [3.63, 3.8) is 0 Å². The van der Waals surface area contributed by atoms with Crippen molar-refractivity contribution >= 4 is 12.0 Å². The summed E-state index contributed by atoms with van der Waals surface area (Å²) in [6, 6.07) is 7.59. The molecule has 1 fully saturated rings. The Bertz CT molecular complexity index is 496. The highest BCUT2D eigenvalue weighted by Gasteiger charge is 2.21. The molecule has 1 saturated carbocycles. The van der Waals surface area contributed by atoms with Crippen molar-refractivity contribution < 1.29 is 14.6 Å². The first kappa shape index (κ1) is 17.6. The minimum atomic E-state index is -0.931. The normalized spacial score (nSPS) is 21.4. The number of carboxylic acid groups (broad SMARTS) is 1. The third-order valence-electron chi connectivity index (χ3n) is 4.72. The molecule has 3 heteroatoms. The predicted molar refractivity (Wildman–Crippen MR) is 93.6 cm³/mol. The highest BCUT2D eigenvalue weighted by molar-refractivity contribution is 5.85. The van der Waals surface area contributed by atoms with E-state index in [-0.39, 0.29) is 0 Å². The van der Waals surface area contributed by atoms with Gasteiger partial charge in [0.1, 0.15) is 5.75 Å². The monoisotopic (exact) mass is 316 g/mol. The van der Waals surface area contributed by atoms with E-state index in [1.54, 1.807) is 6.08 Å². The van der Waals surface area contributed by atoms with Crippen molar-refractivity contribution in [2.45, 2.75) is 51.9 Å². The number of benzene rings is 1. The fraction of sp³-hybridized carbons (Fsp3) is 0.550. The molecule has 1 aliphatic carbocycles. The van der Waals surface area contributed by atoms with Gasteiger partial charge < -0.3 is 9.84 Å². The maximum atomic E-state index is 10.5. The van der Waals surface area contributed by atoms with Crippen LogP contribution < -0.4 is 4.74 Å². The van der Waals surface area contributed by atoms with Gasteiger partial charge in [0.25, 0.3) is 0 Å². The Hall–Kier alpha value is -1.77. The molecule has 0 heterocycles. The van der Waals surface area contributed by atoms with Crippen LogP contribution in [-0.4, -0.2) is 17.7 Å². The molecule has 3 nitrogen and oxygen atoms in total. The molecule has 0 spiro atoms. The second-order valence-corrected chi connectivity index (χ2v) is 6.58. The average Bonchev–Trinajstić information content (AvgIpc) is 2.58. The van der Waals surface area contributed by atoms with E-state index in [2.05, 4.69) is 6.92 Å². The van der Waals surface area contributed by atoms with Crippen LogP contribution in [0.3, 0.4) is 0 Å². The first-order chi connectivity index (χ1) is 11.2. The van der Waals surface area contributed by atoms with E-state index in [0.717, 1.165) is 29.9 Å². The second-order valence-electron chi connectivity index (χ2n) is 6.58. The van der Waals surface area contributed by atoms with Gasteiger partial charge in [-0.2, -0.15) is 0 Å². The molecule has 0 amide bonds. The van der Waals surface area contributed by atoms with Crippen LogP contribution in [0, 0.1) is 11.8 Å². The zero-order chi connectivity index (χ0) is 16.5. The molecular formula is C20H28O3. The summed E-state index contributed by atoms with van der Waals surface area (Å²) < 4.78 is 5.90. The summed E-state index contributed by atoms with van der Waals surface area (Å²) >= 11 is 0. The van der Waals surface area contributed by atoms with Gasteiger partial charge in [-0.05, 0) is 48.4 Å². The summed E-state index contributed by atoms with van der Waals surface area (Å²) in [5.74, 6) is 1.55. The van der Waals surface area contributed by atoms with Crippen LogP contribution in [0.1, 0.15) is 57.4 Å². The van der Waals surface area contributed by atoms with Gasteiger partial charge in [0.05, 0.1) is 6.61 Å². The molecule has 2 rings (SSSR count). The van der Waals surface area contributed by atoms with Crippen molar-refractivity contribution in [2.24, 2.45) is 11.8 Å². The largest absolute Gasteiger partial charge is 0.493 e. The van der Waals surface area contributed by atoms with E-state index in [4.69, 9.17) is 9.84 Å². The standard InChI is InChI=1S/C20H28O3/c1-2-3-4-16-5-7-18(8-6-16)15-23-19-12-9-17(10-13-19)11-14-20(21)22/h9-14,16,18H,2-8,15H2,1H3,(H,21,22)/b14-11+. The predicted octanol–water partition coefficient (Wildman–Crippen LogP) is 5.16. The second kappa shape index (κ2) is 9.39. The van der Waals surface area contributed by atoms with Crippen molar-refractivity contribution in [1.82, 2.24) is 0 Å². The average molecular weight is 316 g/mol. The zero-order valence-electron chi connectivity index (χ0n) is 14.0. The van der Waals surface area contributed by atoms with E-state index in [0.29, 0.717) is 5.92 Å². The molecule has 0 aliphatic heterocycles. The number of hydrogen-bond acceptors (Lipinski definition) is 2. The molecular weight excluding hydrogens is 288 g/mol. The molecule has 0 unspecified atom stereocenters. The summed E-state index contributed by atoms with van der Waals surface area (Å²) in [4.78, 5) is 10.5. The van der Waals surface area contributed by atoms with E-state index in [9.17, 15) is 4.79 Å². The number of hydrogen-bond donors (Lipinski definition) is 1. The van der Waals surface area contributed by atoms with E-state index < -0.39 is 5.97 Å². The van der Waals surface area contributed by atoms with Crippen LogP contribution >= 0.6 is 0 Å². The van der Waals surface area contributed by atoms with Crippen molar-refractivity contribution in [2.75, 3.05) is 6.61 Å². The van der Waals surface area contributed by atoms with Gasteiger partial charge in [-0.1, -0.05) is 51.2 Å². The molecule has 1 aliphatic rings. The molecule has 126 valence electrons. The van der Waals surface area contributed by atoms with Gasteiger partial charge in [0.2, 0.25) is 0 Å². The summed E-state index contributed by atoms with van der Waals surface area (Å²) in [7, 11) is 0.